The van der Waals surface area contributed by atoms with Gasteiger partial charge in [-0.15, -0.1) is 0 Å². The van der Waals surface area contributed by atoms with E-state index >= 15 is 0 Å². The van der Waals surface area contributed by atoms with Crippen LogP contribution in [-0.4, -0.2) is 33.6 Å². The molecule has 8 atom stereocenters. The van der Waals surface area contributed by atoms with Crippen LogP contribution < -0.4 is 0 Å². The molecule has 132 valence electrons. The van der Waals surface area contributed by atoms with Gasteiger partial charge in [-0.25, -0.2) is 0 Å². The van der Waals surface area contributed by atoms with E-state index in [1.807, 2.05) is 0 Å². The van der Waals surface area contributed by atoms with E-state index in [1.54, 1.807) is 0 Å². The first-order chi connectivity index (χ1) is 10.8. The quantitative estimate of drug-likeness (QED) is 0.695. The number of hydrogen-bond donors (Lipinski definition) is 3. The maximum atomic E-state index is 11.0. The van der Waals surface area contributed by atoms with Crippen LogP contribution in [0.15, 0.2) is 0 Å². The molecular weight excluding hydrogens is 288 g/mol. The second-order valence-corrected chi connectivity index (χ2v) is 9.77. The Labute approximate surface area is 140 Å². The number of hydrogen-bond acceptors (Lipinski definition) is 3. The van der Waals surface area contributed by atoms with E-state index in [0.717, 1.165) is 38.0 Å². The number of aliphatic hydroxyl groups excluding tert-OH is 2. The third-order valence-electron chi connectivity index (χ3n) is 9.22. The third-order valence-corrected chi connectivity index (χ3v) is 9.22. The molecular formula is C20H34O3. The minimum atomic E-state index is -0.858. The van der Waals surface area contributed by atoms with Crippen molar-refractivity contribution in [3.63, 3.8) is 0 Å². The molecule has 0 radical (unpaired) electrons. The molecule has 3 N–H and O–H groups in total. The minimum Gasteiger partial charge on any atom is -0.393 e. The first-order valence-electron chi connectivity index (χ1n) is 9.85. The Morgan fingerprint density at radius 2 is 1.65 bits per heavy atom. The standard InChI is InChI=1S/C20H34O3/c1-18-8-5-14(22)11-13(18)3-4-15-16(18)6-9-19(2)17(15)7-10-20(19,23)12-21/h13-17,21-23H,3-12H2,1-2H3/t13?,14?,15-,16+,17+,18+,19+,20?/m1/s1. The Morgan fingerprint density at radius 1 is 0.913 bits per heavy atom. The summed E-state index contributed by atoms with van der Waals surface area (Å²) in [7, 11) is 0. The van der Waals surface area contributed by atoms with Gasteiger partial charge in [0, 0.05) is 5.41 Å². The summed E-state index contributed by atoms with van der Waals surface area (Å²) in [4.78, 5) is 0. The summed E-state index contributed by atoms with van der Waals surface area (Å²) in [6, 6.07) is 0. The Kier molecular flexibility index (Phi) is 3.69. The Morgan fingerprint density at radius 3 is 2.39 bits per heavy atom. The highest BCUT2D eigenvalue weighted by Gasteiger charge is 2.64. The van der Waals surface area contributed by atoms with E-state index in [0.29, 0.717) is 23.2 Å². The van der Waals surface area contributed by atoms with Crippen molar-refractivity contribution in [1.82, 2.24) is 0 Å². The summed E-state index contributed by atoms with van der Waals surface area (Å²) >= 11 is 0. The molecule has 4 saturated carbocycles. The molecule has 3 unspecified atom stereocenters. The first kappa shape index (κ1) is 16.4. The molecule has 23 heavy (non-hydrogen) atoms. The molecule has 0 aromatic heterocycles. The fourth-order valence-corrected chi connectivity index (χ4v) is 7.61. The van der Waals surface area contributed by atoms with Gasteiger partial charge in [-0.2, -0.15) is 0 Å². The number of aliphatic hydroxyl groups is 3. The summed E-state index contributed by atoms with van der Waals surface area (Å²) in [6.07, 6.45) is 9.69. The van der Waals surface area contributed by atoms with Gasteiger partial charge in [0.15, 0.2) is 0 Å². The molecule has 0 aromatic rings. The van der Waals surface area contributed by atoms with E-state index in [1.165, 1.54) is 25.7 Å². The van der Waals surface area contributed by atoms with Crippen molar-refractivity contribution in [2.45, 2.75) is 83.3 Å². The molecule has 4 aliphatic carbocycles. The fraction of sp³-hybridized carbons (Fsp3) is 1.00. The van der Waals surface area contributed by atoms with Crippen molar-refractivity contribution < 1.29 is 15.3 Å². The predicted molar refractivity (Wildman–Crippen MR) is 89.8 cm³/mol. The molecule has 3 nitrogen and oxygen atoms in total. The van der Waals surface area contributed by atoms with E-state index in [-0.39, 0.29) is 18.1 Å². The lowest BCUT2D eigenvalue weighted by molar-refractivity contribution is -0.168. The van der Waals surface area contributed by atoms with Gasteiger partial charge >= 0.3 is 0 Å². The van der Waals surface area contributed by atoms with Crippen LogP contribution in [0.1, 0.15) is 71.6 Å². The normalized spacial score (nSPS) is 59.1. The van der Waals surface area contributed by atoms with Crippen molar-refractivity contribution in [1.29, 1.82) is 0 Å². The summed E-state index contributed by atoms with van der Waals surface area (Å²) in [5.41, 5.74) is -0.563. The van der Waals surface area contributed by atoms with Crippen molar-refractivity contribution in [2.75, 3.05) is 6.61 Å². The average Bonchev–Trinajstić information content (AvgIpc) is 2.80. The Bertz CT molecular complexity index is 480. The zero-order valence-corrected chi connectivity index (χ0v) is 14.8. The number of rotatable bonds is 1. The largest absolute Gasteiger partial charge is 0.393 e. The molecule has 0 heterocycles. The van der Waals surface area contributed by atoms with Crippen LogP contribution in [-0.2, 0) is 0 Å². The van der Waals surface area contributed by atoms with E-state index < -0.39 is 5.60 Å². The lowest BCUT2D eigenvalue weighted by Crippen LogP contribution is -2.57. The fourth-order valence-electron chi connectivity index (χ4n) is 7.61. The highest BCUT2D eigenvalue weighted by molar-refractivity contribution is 5.13. The Balaban J connectivity index is 1.63. The van der Waals surface area contributed by atoms with Crippen LogP contribution in [0.4, 0.5) is 0 Å². The van der Waals surface area contributed by atoms with E-state index in [2.05, 4.69) is 13.8 Å². The molecule has 0 spiro atoms. The van der Waals surface area contributed by atoms with Gasteiger partial charge in [0.2, 0.25) is 0 Å². The molecule has 0 aromatic carbocycles. The molecule has 0 aliphatic heterocycles. The number of fused-ring (bicyclic) bond motifs is 5. The molecule has 0 bridgehead atoms. The molecule has 4 aliphatic rings. The van der Waals surface area contributed by atoms with Crippen LogP contribution in [0.25, 0.3) is 0 Å². The van der Waals surface area contributed by atoms with E-state index in [4.69, 9.17) is 0 Å². The summed E-state index contributed by atoms with van der Waals surface area (Å²) < 4.78 is 0. The van der Waals surface area contributed by atoms with Crippen molar-refractivity contribution in [3.8, 4) is 0 Å². The van der Waals surface area contributed by atoms with Gasteiger partial charge in [-0.05, 0) is 86.9 Å². The zero-order chi connectivity index (χ0) is 16.5. The van der Waals surface area contributed by atoms with Gasteiger partial charge in [0.25, 0.3) is 0 Å². The van der Waals surface area contributed by atoms with Gasteiger partial charge in [-0.1, -0.05) is 13.8 Å². The topological polar surface area (TPSA) is 60.7 Å². The SMILES string of the molecule is C[C@]12CCC(O)CC1CC[C@@H]1[C@@H]2CC[C@@]2(C)[C@H]1CCC2(O)CO. The second-order valence-electron chi connectivity index (χ2n) is 9.77. The van der Waals surface area contributed by atoms with Crippen molar-refractivity contribution in [3.05, 3.63) is 0 Å². The lowest BCUT2D eigenvalue weighted by Gasteiger charge is -2.61. The van der Waals surface area contributed by atoms with Gasteiger partial charge in [0.05, 0.1) is 18.3 Å². The monoisotopic (exact) mass is 322 g/mol. The molecule has 3 heteroatoms. The smallest absolute Gasteiger partial charge is 0.0933 e. The van der Waals surface area contributed by atoms with Crippen LogP contribution in [0.3, 0.4) is 0 Å². The van der Waals surface area contributed by atoms with Crippen molar-refractivity contribution in [2.24, 2.45) is 34.5 Å². The molecule has 4 fully saturated rings. The van der Waals surface area contributed by atoms with Gasteiger partial charge < -0.3 is 15.3 Å². The summed E-state index contributed by atoms with van der Waals surface area (Å²) in [6.45, 7) is 4.66. The predicted octanol–water partition coefficient (Wildman–Crippen LogP) is 3.11. The second kappa shape index (κ2) is 5.19. The van der Waals surface area contributed by atoms with Crippen LogP contribution in [0, 0.1) is 34.5 Å². The molecule has 0 amide bonds. The van der Waals surface area contributed by atoms with Crippen LogP contribution in [0.5, 0.6) is 0 Å². The van der Waals surface area contributed by atoms with Crippen molar-refractivity contribution >= 4 is 0 Å². The zero-order valence-electron chi connectivity index (χ0n) is 14.8. The van der Waals surface area contributed by atoms with Gasteiger partial charge in [-0.3, -0.25) is 0 Å². The third kappa shape index (κ3) is 2.05. The van der Waals surface area contributed by atoms with Gasteiger partial charge in [0.1, 0.15) is 0 Å². The Hall–Kier alpha value is -0.120. The highest BCUT2D eigenvalue weighted by Crippen LogP contribution is 2.68. The summed E-state index contributed by atoms with van der Waals surface area (Å²) in [5.74, 6) is 2.73. The maximum Gasteiger partial charge on any atom is 0.0933 e. The minimum absolute atomic E-state index is 0.0792. The van der Waals surface area contributed by atoms with Crippen LogP contribution >= 0.6 is 0 Å². The molecule has 4 rings (SSSR count). The maximum absolute atomic E-state index is 11.0. The van der Waals surface area contributed by atoms with Crippen LogP contribution in [0.2, 0.25) is 0 Å². The average molecular weight is 322 g/mol. The van der Waals surface area contributed by atoms with E-state index in [9.17, 15) is 15.3 Å². The molecule has 0 saturated heterocycles. The summed E-state index contributed by atoms with van der Waals surface area (Å²) in [5, 5.41) is 30.9. The lowest BCUT2D eigenvalue weighted by atomic mass is 9.44. The first-order valence-corrected chi connectivity index (χ1v) is 9.85. The highest BCUT2D eigenvalue weighted by atomic mass is 16.3.